The molecule has 0 saturated carbocycles. The maximum atomic E-state index is 9.05. The zero-order valence-corrected chi connectivity index (χ0v) is 11.8. The van der Waals surface area contributed by atoms with Crippen LogP contribution in [0.4, 0.5) is 17.2 Å². The van der Waals surface area contributed by atoms with E-state index in [1.165, 1.54) is 31.1 Å². The van der Waals surface area contributed by atoms with Crippen molar-refractivity contribution in [2.24, 2.45) is 0 Å². The lowest BCUT2D eigenvalue weighted by Gasteiger charge is -2.28. The first-order valence-electron chi connectivity index (χ1n) is 7.20. The number of aromatic nitrogens is 2. The molecule has 1 N–H and O–H groups in total. The number of hydrogen-bond donors (Lipinski definition) is 1. The van der Waals surface area contributed by atoms with E-state index in [0.717, 1.165) is 18.8 Å². The molecule has 106 valence electrons. The monoisotopic (exact) mass is 279 g/mol. The van der Waals surface area contributed by atoms with Gasteiger partial charge in [0, 0.05) is 24.5 Å². The summed E-state index contributed by atoms with van der Waals surface area (Å²) in [7, 11) is 0. The van der Waals surface area contributed by atoms with E-state index in [9.17, 15) is 0 Å². The largest absolute Gasteiger partial charge is 0.372 e. The summed E-state index contributed by atoms with van der Waals surface area (Å²) < 4.78 is 0. The molecule has 0 unspecified atom stereocenters. The van der Waals surface area contributed by atoms with Gasteiger partial charge >= 0.3 is 0 Å². The van der Waals surface area contributed by atoms with E-state index < -0.39 is 0 Å². The Morgan fingerprint density at radius 2 is 1.81 bits per heavy atom. The number of benzene rings is 1. The molecule has 2 aromatic rings. The topological polar surface area (TPSA) is 64.8 Å². The van der Waals surface area contributed by atoms with Gasteiger partial charge in [-0.2, -0.15) is 10.4 Å². The second kappa shape index (κ2) is 6.23. The maximum Gasteiger partial charge on any atom is 0.171 e. The Morgan fingerprint density at radius 3 is 2.52 bits per heavy atom. The lowest BCUT2D eigenvalue weighted by molar-refractivity contribution is 0.578. The van der Waals surface area contributed by atoms with Crippen molar-refractivity contribution in [2.45, 2.75) is 19.3 Å². The summed E-state index contributed by atoms with van der Waals surface area (Å²) >= 11 is 0. The lowest BCUT2D eigenvalue weighted by Crippen LogP contribution is -2.29. The van der Waals surface area contributed by atoms with E-state index in [1.807, 2.05) is 12.1 Å². The van der Waals surface area contributed by atoms with E-state index >= 15 is 0 Å². The Bertz CT molecular complexity index is 638. The molecule has 1 saturated heterocycles. The Morgan fingerprint density at radius 1 is 1.05 bits per heavy atom. The van der Waals surface area contributed by atoms with E-state index in [-0.39, 0.29) is 0 Å². The SMILES string of the molecule is N#Cc1ccnnc1Nc1ccc(N2CCCCC2)cc1. The molecule has 5 heteroatoms. The molecule has 0 atom stereocenters. The smallest absolute Gasteiger partial charge is 0.171 e. The third-order valence-corrected chi connectivity index (χ3v) is 3.69. The van der Waals surface area contributed by atoms with Gasteiger partial charge in [0.2, 0.25) is 0 Å². The minimum absolute atomic E-state index is 0.491. The zero-order valence-electron chi connectivity index (χ0n) is 11.8. The maximum absolute atomic E-state index is 9.05. The van der Waals surface area contributed by atoms with Crippen LogP contribution in [0.2, 0.25) is 0 Å². The van der Waals surface area contributed by atoms with Gasteiger partial charge in [0.15, 0.2) is 5.82 Å². The highest BCUT2D eigenvalue weighted by molar-refractivity contribution is 5.64. The van der Waals surface area contributed by atoms with Crippen molar-refractivity contribution < 1.29 is 0 Å². The first-order chi connectivity index (χ1) is 10.4. The Kier molecular flexibility index (Phi) is 3.97. The molecule has 5 nitrogen and oxygen atoms in total. The second-order valence-electron chi connectivity index (χ2n) is 5.12. The van der Waals surface area contributed by atoms with Gasteiger partial charge in [-0.05, 0) is 49.6 Å². The quantitative estimate of drug-likeness (QED) is 0.935. The Balaban J connectivity index is 1.74. The third-order valence-electron chi connectivity index (χ3n) is 3.69. The highest BCUT2D eigenvalue weighted by Crippen LogP contribution is 2.23. The molecule has 1 fully saturated rings. The Labute approximate surface area is 124 Å². The van der Waals surface area contributed by atoms with Crippen LogP contribution in [-0.4, -0.2) is 23.3 Å². The minimum Gasteiger partial charge on any atom is -0.372 e. The van der Waals surface area contributed by atoms with E-state index in [2.05, 4.69) is 38.6 Å². The molecular weight excluding hydrogens is 262 g/mol. The van der Waals surface area contributed by atoms with Crippen LogP contribution in [-0.2, 0) is 0 Å². The fourth-order valence-corrected chi connectivity index (χ4v) is 2.56. The number of rotatable bonds is 3. The van der Waals surface area contributed by atoms with Crippen LogP contribution in [0, 0.1) is 11.3 Å². The number of hydrogen-bond acceptors (Lipinski definition) is 5. The summed E-state index contributed by atoms with van der Waals surface area (Å²) in [5, 5.41) is 20.0. The highest BCUT2D eigenvalue weighted by Gasteiger charge is 2.10. The molecule has 3 rings (SSSR count). The Hall–Kier alpha value is -2.61. The molecule has 21 heavy (non-hydrogen) atoms. The molecule has 0 radical (unpaired) electrons. The fourth-order valence-electron chi connectivity index (χ4n) is 2.56. The number of nitrogens with zero attached hydrogens (tertiary/aromatic N) is 4. The van der Waals surface area contributed by atoms with Gasteiger partial charge in [-0.25, -0.2) is 0 Å². The van der Waals surface area contributed by atoms with Crippen molar-refractivity contribution in [3.05, 3.63) is 42.1 Å². The summed E-state index contributed by atoms with van der Waals surface area (Å²) in [6.45, 7) is 2.27. The van der Waals surface area contributed by atoms with Gasteiger partial charge in [0.1, 0.15) is 6.07 Å². The highest BCUT2D eigenvalue weighted by atomic mass is 15.2. The van der Waals surface area contributed by atoms with Gasteiger partial charge < -0.3 is 10.2 Å². The number of anilines is 3. The van der Waals surface area contributed by atoms with Gasteiger partial charge in [-0.1, -0.05) is 0 Å². The van der Waals surface area contributed by atoms with E-state index in [0.29, 0.717) is 11.4 Å². The summed E-state index contributed by atoms with van der Waals surface area (Å²) in [6.07, 6.45) is 5.39. The third kappa shape index (κ3) is 3.11. The summed E-state index contributed by atoms with van der Waals surface area (Å²) in [5.41, 5.74) is 2.65. The van der Waals surface area contributed by atoms with Crippen molar-refractivity contribution in [1.82, 2.24) is 10.2 Å². The second-order valence-corrected chi connectivity index (χ2v) is 5.12. The standard InChI is InChI=1S/C16H17N5/c17-12-13-8-9-18-20-16(13)19-14-4-6-15(7-5-14)21-10-2-1-3-11-21/h4-9H,1-3,10-11H2,(H,19,20). The molecule has 2 heterocycles. The molecule has 1 aromatic heterocycles. The summed E-state index contributed by atoms with van der Waals surface area (Å²) in [4.78, 5) is 2.41. The average Bonchev–Trinajstić information content (AvgIpc) is 2.57. The number of nitriles is 1. The molecule has 1 aliphatic rings. The van der Waals surface area contributed by atoms with Crippen LogP contribution >= 0.6 is 0 Å². The van der Waals surface area contributed by atoms with Crippen LogP contribution in [0.15, 0.2) is 36.5 Å². The van der Waals surface area contributed by atoms with Crippen molar-refractivity contribution >= 4 is 17.2 Å². The predicted octanol–water partition coefficient (Wildman–Crippen LogP) is 3.08. The van der Waals surface area contributed by atoms with Crippen LogP contribution < -0.4 is 10.2 Å². The van der Waals surface area contributed by atoms with E-state index in [4.69, 9.17) is 5.26 Å². The summed E-state index contributed by atoms with van der Waals surface area (Å²) in [6, 6.07) is 12.0. The number of piperidine rings is 1. The van der Waals surface area contributed by atoms with Gasteiger partial charge in [0.05, 0.1) is 11.8 Å². The fraction of sp³-hybridized carbons (Fsp3) is 0.312. The lowest BCUT2D eigenvalue weighted by atomic mass is 10.1. The molecule has 0 aliphatic carbocycles. The van der Waals surface area contributed by atoms with Gasteiger partial charge in [-0.3, -0.25) is 0 Å². The molecule has 0 bridgehead atoms. The molecule has 1 aromatic carbocycles. The van der Waals surface area contributed by atoms with Crippen LogP contribution in [0.25, 0.3) is 0 Å². The average molecular weight is 279 g/mol. The molecule has 0 amide bonds. The molecular formula is C16H17N5. The van der Waals surface area contributed by atoms with Gasteiger partial charge in [-0.15, -0.1) is 5.10 Å². The zero-order chi connectivity index (χ0) is 14.5. The van der Waals surface area contributed by atoms with Crippen molar-refractivity contribution in [3.63, 3.8) is 0 Å². The van der Waals surface area contributed by atoms with Crippen molar-refractivity contribution in [2.75, 3.05) is 23.3 Å². The molecule has 1 aliphatic heterocycles. The number of nitrogens with one attached hydrogen (secondary N) is 1. The molecule has 0 spiro atoms. The normalized spacial score (nSPS) is 14.5. The van der Waals surface area contributed by atoms with Crippen LogP contribution in [0.5, 0.6) is 0 Å². The predicted molar refractivity (Wildman–Crippen MR) is 82.5 cm³/mol. The first-order valence-corrected chi connectivity index (χ1v) is 7.20. The van der Waals surface area contributed by atoms with Crippen molar-refractivity contribution in [1.29, 1.82) is 5.26 Å². The van der Waals surface area contributed by atoms with E-state index in [1.54, 1.807) is 6.07 Å². The first kappa shape index (κ1) is 13.4. The van der Waals surface area contributed by atoms with Crippen LogP contribution in [0.3, 0.4) is 0 Å². The summed E-state index contributed by atoms with van der Waals surface area (Å²) in [5.74, 6) is 0.491. The minimum atomic E-state index is 0.491. The van der Waals surface area contributed by atoms with Crippen LogP contribution in [0.1, 0.15) is 24.8 Å². The van der Waals surface area contributed by atoms with Gasteiger partial charge in [0.25, 0.3) is 0 Å². The van der Waals surface area contributed by atoms with Crippen molar-refractivity contribution in [3.8, 4) is 6.07 Å².